The molecule has 0 spiro atoms. The average molecular weight is 320 g/mol. The SMILES string of the molecule is O=C(O)CCC(=O)Nc1c(Cl)cc(Cl)c2nsnc12. The summed E-state index contributed by atoms with van der Waals surface area (Å²) in [6.07, 6.45) is -0.400. The topological polar surface area (TPSA) is 92.2 Å². The molecule has 100 valence electrons. The second-order valence-electron chi connectivity index (χ2n) is 3.62. The van der Waals surface area contributed by atoms with Crippen molar-refractivity contribution in [2.45, 2.75) is 12.8 Å². The minimum absolute atomic E-state index is 0.145. The number of aliphatic carboxylic acids is 1. The first-order valence-electron chi connectivity index (χ1n) is 5.11. The minimum atomic E-state index is -1.04. The minimum Gasteiger partial charge on any atom is -0.481 e. The van der Waals surface area contributed by atoms with Crippen LogP contribution < -0.4 is 5.32 Å². The van der Waals surface area contributed by atoms with Gasteiger partial charge >= 0.3 is 5.97 Å². The van der Waals surface area contributed by atoms with Gasteiger partial charge in [0, 0.05) is 6.42 Å². The normalized spacial score (nSPS) is 10.6. The number of carboxylic acids is 1. The van der Waals surface area contributed by atoms with Crippen molar-refractivity contribution in [3.63, 3.8) is 0 Å². The maximum atomic E-state index is 11.6. The Morgan fingerprint density at radius 2 is 1.89 bits per heavy atom. The second-order valence-corrected chi connectivity index (χ2v) is 4.96. The van der Waals surface area contributed by atoms with E-state index < -0.39 is 11.9 Å². The summed E-state index contributed by atoms with van der Waals surface area (Å²) < 4.78 is 8.02. The van der Waals surface area contributed by atoms with Crippen LogP contribution in [-0.2, 0) is 9.59 Å². The fraction of sp³-hybridized carbons (Fsp3) is 0.200. The van der Waals surface area contributed by atoms with Crippen LogP contribution in [0.3, 0.4) is 0 Å². The standard InChI is InChI=1S/C10H7Cl2N3O3S/c11-4-3-5(12)9-10(15-19-14-9)8(4)13-6(16)1-2-7(17)18/h3H,1-2H2,(H,13,16)(H,17,18). The van der Waals surface area contributed by atoms with E-state index in [4.69, 9.17) is 28.3 Å². The van der Waals surface area contributed by atoms with Crippen LogP contribution in [0.15, 0.2) is 6.07 Å². The number of carboxylic acid groups (broad SMARTS) is 1. The fourth-order valence-electron chi connectivity index (χ4n) is 1.42. The van der Waals surface area contributed by atoms with Gasteiger partial charge < -0.3 is 10.4 Å². The summed E-state index contributed by atoms with van der Waals surface area (Å²) >= 11 is 12.9. The molecule has 0 saturated carbocycles. The predicted octanol–water partition coefficient (Wildman–Crippen LogP) is 2.80. The highest BCUT2D eigenvalue weighted by molar-refractivity contribution is 7.00. The van der Waals surface area contributed by atoms with E-state index in [1.165, 1.54) is 6.07 Å². The number of rotatable bonds is 4. The van der Waals surface area contributed by atoms with Gasteiger partial charge in [-0.25, -0.2) is 0 Å². The van der Waals surface area contributed by atoms with E-state index >= 15 is 0 Å². The monoisotopic (exact) mass is 319 g/mol. The zero-order valence-electron chi connectivity index (χ0n) is 9.31. The largest absolute Gasteiger partial charge is 0.481 e. The molecular formula is C10H7Cl2N3O3S. The van der Waals surface area contributed by atoms with Crippen LogP contribution in [0.1, 0.15) is 12.8 Å². The molecule has 0 aliphatic carbocycles. The molecular weight excluding hydrogens is 313 g/mol. The molecule has 2 rings (SSSR count). The fourth-order valence-corrected chi connectivity index (χ4v) is 2.57. The van der Waals surface area contributed by atoms with Gasteiger partial charge in [0.25, 0.3) is 0 Å². The highest BCUT2D eigenvalue weighted by Crippen LogP contribution is 2.35. The number of amides is 1. The number of fused-ring (bicyclic) bond motifs is 1. The first kappa shape index (κ1) is 14.0. The molecule has 0 radical (unpaired) electrons. The van der Waals surface area contributed by atoms with Gasteiger partial charge in [0.05, 0.1) is 33.9 Å². The molecule has 1 amide bonds. The molecule has 0 saturated heterocycles. The highest BCUT2D eigenvalue weighted by Gasteiger charge is 2.16. The van der Waals surface area contributed by atoms with Gasteiger partial charge in [-0.3, -0.25) is 9.59 Å². The molecule has 9 heteroatoms. The summed E-state index contributed by atoms with van der Waals surface area (Å²) in [6.45, 7) is 0. The van der Waals surface area contributed by atoms with E-state index in [9.17, 15) is 9.59 Å². The summed E-state index contributed by atoms with van der Waals surface area (Å²) in [7, 11) is 0. The van der Waals surface area contributed by atoms with Crippen LogP contribution in [0.5, 0.6) is 0 Å². The number of hydrogen-bond acceptors (Lipinski definition) is 5. The van der Waals surface area contributed by atoms with Gasteiger partial charge in [0.1, 0.15) is 11.0 Å². The lowest BCUT2D eigenvalue weighted by Gasteiger charge is -2.07. The Hall–Kier alpha value is -1.44. The number of benzene rings is 1. The van der Waals surface area contributed by atoms with Crippen LogP contribution in [0.4, 0.5) is 5.69 Å². The first-order valence-corrected chi connectivity index (χ1v) is 6.59. The number of nitrogens with one attached hydrogen (secondary N) is 1. The Labute approximate surface area is 121 Å². The van der Waals surface area contributed by atoms with Crippen LogP contribution >= 0.6 is 34.9 Å². The molecule has 0 bridgehead atoms. The summed E-state index contributed by atoms with van der Waals surface area (Å²) in [5.74, 6) is -1.50. The van der Waals surface area contributed by atoms with Crippen molar-refractivity contribution in [3.8, 4) is 0 Å². The number of aromatic nitrogens is 2. The van der Waals surface area contributed by atoms with Crippen molar-refractivity contribution in [1.82, 2.24) is 8.75 Å². The summed E-state index contributed by atoms with van der Waals surface area (Å²) in [5, 5.41) is 11.6. The number of carbonyl (C=O) groups excluding carboxylic acids is 1. The van der Waals surface area contributed by atoms with E-state index in [1.54, 1.807) is 0 Å². The number of carbonyl (C=O) groups is 2. The van der Waals surface area contributed by atoms with Crippen molar-refractivity contribution in [2.24, 2.45) is 0 Å². The Balaban J connectivity index is 2.27. The lowest BCUT2D eigenvalue weighted by molar-refractivity contribution is -0.138. The van der Waals surface area contributed by atoms with Crippen molar-refractivity contribution in [1.29, 1.82) is 0 Å². The Kier molecular flexibility index (Phi) is 4.18. The Morgan fingerprint density at radius 1 is 1.21 bits per heavy atom. The molecule has 1 heterocycles. The van der Waals surface area contributed by atoms with Gasteiger partial charge in [-0.1, -0.05) is 23.2 Å². The number of hydrogen-bond donors (Lipinski definition) is 2. The van der Waals surface area contributed by atoms with Crippen LogP contribution in [0.2, 0.25) is 10.0 Å². The van der Waals surface area contributed by atoms with Gasteiger partial charge in [0.15, 0.2) is 0 Å². The molecule has 1 aromatic heterocycles. The third-order valence-electron chi connectivity index (χ3n) is 2.27. The average Bonchev–Trinajstić information content (AvgIpc) is 2.81. The van der Waals surface area contributed by atoms with Crippen LogP contribution in [0.25, 0.3) is 11.0 Å². The van der Waals surface area contributed by atoms with E-state index in [0.717, 1.165) is 11.7 Å². The Morgan fingerprint density at radius 3 is 2.58 bits per heavy atom. The van der Waals surface area contributed by atoms with Crippen molar-refractivity contribution < 1.29 is 14.7 Å². The summed E-state index contributed by atoms with van der Waals surface area (Å²) in [4.78, 5) is 22.0. The zero-order chi connectivity index (χ0) is 14.0. The highest BCUT2D eigenvalue weighted by atomic mass is 35.5. The molecule has 19 heavy (non-hydrogen) atoms. The van der Waals surface area contributed by atoms with Crippen molar-refractivity contribution in [3.05, 3.63) is 16.1 Å². The predicted molar refractivity (Wildman–Crippen MR) is 72.9 cm³/mol. The van der Waals surface area contributed by atoms with Gasteiger partial charge in [-0.2, -0.15) is 8.75 Å². The third-order valence-corrected chi connectivity index (χ3v) is 3.39. The number of nitrogens with zero attached hydrogens (tertiary/aromatic N) is 2. The Bertz CT molecular complexity index is 659. The van der Waals surface area contributed by atoms with E-state index in [2.05, 4.69) is 14.1 Å². The number of halogens is 2. The molecule has 0 atom stereocenters. The van der Waals surface area contributed by atoms with Gasteiger partial charge in [-0.05, 0) is 6.07 Å². The molecule has 2 N–H and O–H groups in total. The van der Waals surface area contributed by atoms with Crippen molar-refractivity contribution in [2.75, 3.05) is 5.32 Å². The lowest BCUT2D eigenvalue weighted by atomic mass is 10.2. The van der Waals surface area contributed by atoms with Crippen LogP contribution in [-0.4, -0.2) is 25.7 Å². The summed E-state index contributed by atoms with van der Waals surface area (Å²) in [5.41, 5.74) is 1.14. The molecule has 6 nitrogen and oxygen atoms in total. The first-order chi connectivity index (χ1) is 8.99. The van der Waals surface area contributed by atoms with E-state index in [0.29, 0.717) is 21.7 Å². The maximum absolute atomic E-state index is 11.6. The molecule has 2 aromatic rings. The van der Waals surface area contributed by atoms with Crippen LogP contribution in [0, 0.1) is 0 Å². The van der Waals surface area contributed by atoms with Gasteiger partial charge in [0.2, 0.25) is 5.91 Å². The van der Waals surface area contributed by atoms with E-state index in [-0.39, 0.29) is 17.9 Å². The molecule has 1 aromatic carbocycles. The number of anilines is 1. The second kappa shape index (κ2) is 5.68. The third kappa shape index (κ3) is 3.12. The molecule has 0 aliphatic rings. The quantitative estimate of drug-likeness (QED) is 0.904. The molecule has 0 unspecified atom stereocenters. The zero-order valence-corrected chi connectivity index (χ0v) is 11.6. The lowest BCUT2D eigenvalue weighted by Crippen LogP contribution is -2.13. The molecule has 0 aliphatic heterocycles. The smallest absolute Gasteiger partial charge is 0.303 e. The van der Waals surface area contributed by atoms with Gasteiger partial charge in [-0.15, -0.1) is 0 Å². The molecule has 0 fully saturated rings. The summed E-state index contributed by atoms with van der Waals surface area (Å²) in [6, 6.07) is 1.46. The maximum Gasteiger partial charge on any atom is 0.303 e. The van der Waals surface area contributed by atoms with Crippen molar-refractivity contribution >= 4 is 63.5 Å². The van der Waals surface area contributed by atoms with E-state index in [1.807, 2.05) is 0 Å².